The first kappa shape index (κ1) is 20.1. The second-order valence-electron chi connectivity index (χ2n) is 7.94. The third kappa shape index (κ3) is 5.23. The van der Waals surface area contributed by atoms with Gasteiger partial charge in [0.25, 0.3) is 5.91 Å². The number of carbonyl (C=O) groups excluding carboxylic acids is 1. The van der Waals surface area contributed by atoms with Crippen LogP contribution in [0.5, 0.6) is 5.75 Å². The van der Waals surface area contributed by atoms with Crippen molar-refractivity contribution in [2.45, 2.75) is 26.3 Å². The minimum Gasteiger partial charge on any atom is -0.493 e. The second kappa shape index (κ2) is 9.06. The lowest BCUT2D eigenvalue weighted by Gasteiger charge is -2.21. The number of hydrogen-bond acceptors (Lipinski definition) is 5. The molecule has 0 radical (unpaired) electrons. The van der Waals surface area contributed by atoms with Crippen LogP contribution in [0.4, 0.5) is 11.5 Å². The molecular formula is C22H30N4O2. The molecule has 0 spiro atoms. The number of hydrogen-bond donors (Lipinski definition) is 1. The number of ether oxygens (including phenoxy) is 1. The van der Waals surface area contributed by atoms with Crippen molar-refractivity contribution in [2.75, 3.05) is 44.0 Å². The van der Waals surface area contributed by atoms with Crippen molar-refractivity contribution in [1.29, 1.82) is 0 Å². The van der Waals surface area contributed by atoms with E-state index in [0.29, 0.717) is 29.8 Å². The van der Waals surface area contributed by atoms with Crippen molar-refractivity contribution in [1.82, 2.24) is 9.88 Å². The van der Waals surface area contributed by atoms with Crippen molar-refractivity contribution in [3.63, 3.8) is 0 Å². The molecule has 1 aliphatic rings. The Balaban J connectivity index is 1.56. The van der Waals surface area contributed by atoms with E-state index < -0.39 is 0 Å². The molecule has 1 unspecified atom stereocenters. The molecule has 1 fully saturated rings. The summed E-state index contributed by atoms with van der Waals surface area (Å²) in [5.74, 6) is 2.04. The number of carbonyl (C=O) groups is 1. The number of benzene rings is 1. The SMILES string of the molecule is CC(C)COc1ccc(C(=O)Nc2ccc(N3CCC(N(C)C)C3)nc2)cc1. The minimum atomic E-state index is -0.154. The lowest BCUT2D eigenvalue weighted by atomic mass is 10.2. The topological polar surface area (TPSA) is 57.7 Å². The summed E-state index contributed by atoms with van der Waals surface area (Å²) in [5.41, 5.74) is 1.28. The number of anilines is 2. The van der Waals surface area contributed by atoms with E-state index in [2.05, 4.69) is 48.0 Å². The van der Waals surface area contributed by atoms with E-state index in [1.807, 2.05) is 24.3 Å². The molecule has 2 heterocycles. The van der Waals surface area contributed by atoms with Gasteiger partial charge >= 0.3 is 0 Å². The van der Waals surface area contributed by atoms with Gasteiger partial charge < -0.3 is 19.9 Å². The van der Waals surface area contributed by atoms with Gasteiger partial charge in [-0.05, 0) is 62.8 Å². The summed E-state index contributed by atoms with van der Waals surface area (Å²) in [7, 11) is 4.23. The number of pyridine rings is 1. The van der Waals surface area contributed by atoms with Crippen LogP contribution >= 0.6 is 0 Å². The van der Waals surface area contributed by atoms with Gasteiger partial charge in [0.05, 0.1) is 18.5 Å². The molecule has 1 saturated heterocycles. The number of rotatable bonds is 7. The fourth-order valence-electron chi connectivity index (χ4n) is 3.19. The van der Waals surface area contributed by atoms with Crippen LogP contribution in [0.25, 0.3) is 0 Å². The number of likely N-dealkylation sites (N-methyl/N-ethyl adjacent to an activating group) is 1. The summed E-state index contributed by atoms with van der Waals surface area (Å²) >= 11 is 0. The van der Waals surface area contributed by atoms with Gasteiger partial charge in [-0.25, -0.2) is 4.98 Å². The van der Waals surface area contributed by atoms with Crippen molar-refractivity contribution in [3.05, 3.63) is 48.2 Å². The maximum Gasteiger partial charge on any atom is 0.255 e. The maximum absolute atomic E-state index is 12.5. The third-order valence-corrected chi connectivity index (χ3v) is 4.92. The Morgan fingerprint density at radius 3 is 2.57 bits per heavy atom. The number of aromatic nitrogens is 1. The largest absolute Gasteiger partial charge is 0.493 e. The standard InChI is InChI=1S/C22H30N4O2/c1-16(2)15-28-20-8-5-17(6-9-20)22(27)24-18-7-10-21(23-13-18)26-12-11-19(14-26)25(3)4/h5-10,13,16,19H,11-12,14-15H2,1-4H3,(H,24,27). The molecule has 1 aromatic carbocycles. The molecule has 28 heavy (non-hydrogen) atoms. The average Bonchev–Trinajstić information content (AvgIpc) is 3.18. The Morgan fingerprint density at radius 2 is 2.00 bits per heavy atom. The maximum atomic E-state index is 12.5. The van der Waals surface area contributed by atoms with Crippen molar-refractivity contribution >= 4 is 17.4 Å². The predicted octanol–water partition coefficient (Wildman–Crippen LogP) is 3.51. The Kier molecular flexibility index (Phi) is 6.52. The molecule has 1 aromatic heterocycles. The van der Waals surface area contributed by atoms with Gasteiger partial charge in [-0.3, -0.25) is 4.79 Å². The van der Waals surface area contributed by atoms with Crippen LogP contribution in [0.15, 0.2) is 42.6 Å². The van der Waals surface area contributed by atoms with Gasteiger partial charge in [-0.2, -0.15) is 0 Å². The molecular weight excluding hydrogens is 352 g/mol. The van der Waals surface area contributed by atoms with Crippen LogP contribution in [0.2, 0.25) is 0 Å². The van der Waals surface area contributed by atoms with Crippen LogP contribution in [0.3, 0.4) is 0 Å². The second-order valence-corrected chi connectivity index (χ2v) is 7.94. The molecule has 3 rings (SSSR count). The Morgan fingerprint density at radius 1 is 1.25 bits per heavy atom. The summed E-state index contributed by atoms with van der Waals surface area (Å²) in [6, 6.07) is 11.6. The zero-order valence-corrected chi connectivity index (χ0v) is 17.2. The first-order chi connectivity index (χ1) is 13.4. The van der Waals surface area contributed by atoms with Crippen LogP contribution in [-0.4, -0.2) is 55.6 Å². The van der Waals surface area contributed by atoms with Crippen molar-refractivity contribution < 1.29 is 9.53 Å². The molecule has 2 aromatic rings. The monoisotopic (exact) mass is 382 g/mol. The van der Waals surface area contributed by atoms with Gasteiger partial charge in [0.2, 0.25) is 0 Å². The van der Waals surface area contributed by atoms with Gasteiger partial charge in [0, 0.05) is 24.7 Å². The van der Waals surface area contributed by atoms with E-state index in [9.17, 15) is 4.79 Å². The quantitative estimate of drug-likeness (QED) is 0.794. The Bertz CT molecular complexity index is 772. The molecule has 150 valence electrons. The van der Waals surface area contributed by atoms with Crippen LogP contribution < -0.4 is 15.0 Å². The minimum absolute atomic E-state index is 0.154. The number of amides is 1. The first-order valence-corrected chi connectivity index (χ1v) is 9.84. The molecule has 6 heteroatoms. The summed E-state index contributed by atoms with van der Waals surface area (Å²) in [5, 5.41) is 2.90. The van der Waals surface area contributed by atoms with E-state index in [1.54, 1.807) is 18.3 Å². The molecule has 0 saturated carbocycles. The van der Waals surface area contributed by atoms with Crippen LogP contribution in [0, 0.1) is 5.92 Å². The highest BCUT2D eigenvalue weighted by Crippen LogP contribution is 2.22. The molecule has 1 aliphatic heterocycles. The van der Waals surface area contributed by atoms with Crippen molar-refractivity contribution in [3.8, 4) is 5.75 Å². The van der Waals surface area contributed by atoms with E-state index in [1.165, 1.54) is 0 Å². The van der Waals surface area contributed by atoms with Crippen LogP contribution in [0.1, 0.15) is 30.6 Å². The lowest BCUT2D eigenvalue weighted by Crippen LogP contribution is -2.31. The smallest absolute Gasteiger partial charge is 0.255 e. The molecule has 1 N–H and O–H groups in total. The van der Waals surface area contributed by atoms with Gasteiger partial charge in [0.1, 0.15) is 11.6 Å². The number of nitrogens with one attached hydrogen (secondary N) is 1. The highest BCUT2D eigenvalue weighted by atomic mass is 16.5. The number of nitrogens with zero attached hydrogens (tertiary/aromatic N) is 3. The van der Waals surface area contributed by atoms with E-state index in [0.717, 1.165) is 31.1 Å². The van der Waals surface area contributed by atoms with Gasteiger partial charge in [0.15, 0.2) is 0 Å². The summed E-state index contributed by atoms with van der Waals surface area (Å²) in [4.78, 5) is 21.5. The summed E-state index contributed by atoms with van der Waals surface area (Å²) in [6.07, 6.45) is 2.86. The fourth-order valence-corrected chi connectivity index (χ4v) is 3.19. The fraction of sp³-hybridized carbons (Fsp3) is 0.455. The highest BCUT2D eigenvalue weighted by molar-refractivity contribution is 6.04. The summed E-state index contributed by atoms with van der Waals surface area (Å²) in [6.45, 7) is 6.86. The van der Waals surface area contributed by atoms with Crippen molar-refractivity contribution in [2.24, 2.45) is 5.92 Å². The Hall–Kier alpha value is -2.60. The first-order valence-electron chi connectivity index (χ1n) is 9.84. The van der Waals surface area contributed by atoms with E-state index in [-0.39, 0.29) is 5.91 Å². The average molecular weight is 383 g/mol. The molecule has 0 aliphatic carbocycles. The van der Waals surface area contributed by atoms with E-state index in [4.69, 9.17) is 4.74 Å². The zero-order chi connectivity index (χ0) is 20.1. The third-order valence-electron chi connectivity index (χ3n) is 4.92. The van der Waals surface area contributed by atoms with Gasteiger partial charge in [-0.15, -0.1) is 0 Å². The van der Waals surface area contributed by atoms with E-state index >= 15 is 0 Å². The van der Waals surface area contributed by atoms with Gasteiger partial charge in [-0.1, -0.05) is 13.8 Å². The molecule has 1 atom stereocenters. The van der Waals surface area contributed by atoms with Crippen LogP contribution in [-0.2, 0) is 0 Å². The molecule has 6 nitrogen and oxygen atoms in total. The normalized spacial score (nSPS) is 16.6. The zero-order valence-electron chi connectivity index (χ0n) is 17.2. The predicted molar refractivity (Wildman–Crippen MR) is 113 cm³/mol. The highest BCUT2D eigenvalue weighted by Gasteiger charge is 2.24. The lowest BCUT2D eigenvalue weighted by molar-refractivity contribution is 0.102. The summed E-state index contributed by atoms with van der Waals surface area (Å²) < 4.78 is 5.66. The molecule has 1 amide bonds. The molecule has 0 bridgehead atoms. The Labute approximate surface area is 167 Å².